The Kier molecular flexibility index (Phi) is 3.99. The molecule has 2 rings (SSSR count). The Bertz CT molecular complexity index is 396. The Morgan fingerprint density at radius 1 is 1.35 bits per heavy atom. The van der Waals surface area contributed by atoms with E-state index in [1.165, 1.54) is 19.3 Å². The van der Waals surface area contributed by atoms with Gasteiger partial charge in [0.05, 0.1) is 4.92 Å². The number of non-ortho nitro benzene ring substituents is 1. The number of benzene rings is 1. The number of nitro groups is 1. The fraction of sp³-hybridized carbons (Fsp3) is 0.500. The summed E-state index contributed by atoms with van der Waals surface area (Å²) in [6.45, 7) is 0. The van der Waals surface area contributed by atoms with Gasteiger partial charge in [0.1, 0.15) is 0 Å². The van der Waals surface area contributed by atoms with Crippen LogP contribution in [0.4, 0.5) is 5.69 Å². The van der Waals surface area contributed by atoms with E-state index in [1.807, 2.05) is 12.1 Å². The van der Waals surface area contributed by atoms with E-state index in [2.05, 4.69) is 12.6 Å². The molecule has 1 aromatic rings. The fourth-order valence-electron chi connectivity index (χ4n) is 1.93. The van der Waals surface area contributed by atoms with E-state index in [9.17, 15) is 10.1 Å². The largest absolute Gasteiger partial charge is 0.269 e. The van der Waals surface area contributed by atoms with Crippen LogP contribution in [0.5, 0.6) is 0 Å². The van der Waals surface area contributed by atoms with Crippen LogP contribution < -0.4 is 0 Å². The van der Waals surface area contributed by atoms with Crippen molar-refractivity contribution in [3.8, 4) is 0 Å². The van der Waals surface area contributed by atoms with E-state index in [-0.39, 0.29) is 10.6 Å². The van der Waals surface area contributed by atoms with Crippen LogP contribution in [-0.4, -0.2) is 16.4 Å². The lowest BCUT2D eigenvalue weighted by atomic mass is 9.72. The molecule has 0 heterocycles. The maximum Gasteiger partial charge on any atom is 0.269 e. The molecule has 5 heteroatoms. The van der Waals surface area contributed by atoms with Gasteiger partial charge in [0, 0.05) is 22.8 Å². The lowest BCUT2D eigenvalue weighted by molar-refractivity contribution is -0.384. The monoisotopic (exact) mass is 269 g/mol. The van der Waals surface area contributed by atoms with Crippen molar-refractivity contribution in [3.63, 3.8) is 0 Å². The van der Waals surface area contributed by atoms with Crippen molar-refractivity contribution in [2.75, 3.05) is 11.5 Å². The minimum atomic E-state index is -0.365. The predicted octanol–water partition coefficient (Wildman–Crippen LogP) is 3.79. The minimum absolute atomic E-state index is 0.155. The number of thioether (sulfide) groups is 1. The average molecular weight is 269 g/mol. The maximum atomic E-state index is 10.5. The van der Waals surface area contributed by atoms with Crippen LogP contribution >= 0.6 is 24.4 Å². The zero-order chi connectivity index (χ0) is 12.3. The van der Waals surface area contributed by atoms with Crippen LogP contribution in [-0.2, 0) is 0 Å². The molecule has 0 N–H and O–H groups in total. The molecule has 0 aliphatic heterocycles. The van der Waals surface area contributed by atoms with Crippen LogP contribution in [0.15, 0.2) is 29.2 Å². The Balaban J connectivity index is 1.93. The molecule has 1 aliphatic carbocycles. The quantitative estimate of drug-likeness (QED) is 0.383. The van der Waals surface area contributed by atoms with Gasteiger partial charge in [-0.3, -0.25) is 10.1 Å². The van der Waals surface area contributed by atoms with Gasteiger partial charge in [-0.1, -0.05) is 6.42 Å². The van der Waals surface area contributed by atoms with Crippen molar-refractivity contribution in [1.29, 1.82) is 0 Å². The summed E-state index contributed by atoms with van der Waals surface area (Å²) in [6.07, 6.45) is 3.83. The molecule has 0 atom stereocenters. The van der Waals surface area contributed by atoms with Gasteiger partial charge in [0.2, 0.25) is 0 Å². The molecule has 0 aromatic heterocycles. The normalized spacial score (nSPS) is 17.5. The molecule has 0 spiro atoms. The van der Waals surface area contributed by atoms with Crippen LogP contribution in [0.3, 0.4) is 0 Å². The van der Waals surface area contributed by atoms with Crippen molar-refractivity contribution < 1.29 is 4.92 Å². The second kappa shape index (κ2) is 5.31. The lowest BCUT2D eigenvalue weighted by Gasteiger charge is -2.40. The Labute approximate surface area is 111 Å². The first kappa shape index (κ1) is 12.8. The van der Waals surface area contributed by atoms with Crippen LogP contribution in [0, 0.1) is 15.5 Å². The molecule has 1 aromatic carbocycles. The highest BCUT2D eigenvalue weighted by Crippen LogP contribution is 2.45. The molecule has 0 amide bonds. The Morgan fingerprint density at radius 2 is 2.00 bits per heavy atom. The summed E-state index contributed by atoms with van der Waals surface area (Å²) >= 11 is 6.20. The first-order valence-electron chi connectivity index (χ1n) is 5.63. The number of rotatable bonds is 5. The summed E-state index contributed by atoms with van der Waals surface area (Å²) in [5.41, 5.74) is 0.553. The third-order valence-corrected chi connectivity index (χ3v) is 5.38. The summed E-state index contributed by atoms with van der Waals surface area (Å²) in [4.78, 5) is 11.3. The summed E-state index contributed by atoms with van der Waals surface area (Å²) < 4.78 is 0. The van der Waals surface area contributed by atoms with E-state index < -0.39 is 0 Å². The SMILES string of the molecule is O=[N+]([O-])c1ccc(SCC2(CS)CCC2)cc1. The minimum Gasteiger partial charge on any atom is -0.258 e. The Morgan fingerprint density at radius 3 is 2.41 bits per heavy atom. The number of nitro benzene ring substituents is 1. The zero-order valence-corrected chi connectivity index (χ0v) is 11.2. The van der Waals surface area contributed by atoms with Crippen molar-refractivity contribution in [3.05, 3.63) is 34.4 Å². The number of thiol groups is 1. The second-order valence-corrected chi connectivity index (χ2v) is 5.92. The van der Waals surface area contributed by atoms with Gasteiger partial charge in [-0.05, 0) is 36.1 Å². The molecule has 0 unspecified atom stereocenters. The summed E-state index contributed by atoms with van der Waals surface area (Å²) in [5.74, 6) is 2.00. The van der Waals surface area contributed by atoms with Crippen molar-refractivity contribution >= 4 is 30.1 Å². The molecule has 0 bridgehead atoms. The molecule has 0 radical (unpaired) electrons. The molecular formula is C12H15NO2S2. The van der Waals surface area contributed by atoms with Crippen molar-refractivity contribution in [1.82, 2.24) is 0 Å². The van der Waals surface area contributed by atoms with Gasteiger partial charge in [-0.2, -0.15) is 12.6 Å². The second-order valence-electron chi connectivity index (χ2n) is 4.55. The van der Waals surface area contributed by atoms with Crippen LogP contribution in [0.1, 0.15) is 19.3 Å². The highest BCUT2D eigenvalue weighted by molar-refractivity contribution is 7.99. The molecular weight excluding hydrogens is 254 g/mol. The van der Waals surface area contributed by atoms with Crippen molar-refractivity contribution in [2.45, 2.75) is 24.2 Å². The predicted molar refractivity (Wildman–Crippen MR) is 74.0 cm³/mol. The van der Waals surface area contributed by atoms with Gasteiger partial charge in [-0.25, -0.2) is 0 Å². The standard InChI is InChI=1S/C12H15NO2S2/c14-13(15)10-2-4-11(5-3-10)17-9-12(8-16)6-1-7-12/h2-5,16H,1,6-9H2. The topological polar surface area (TPSA) is 43.1 Å². The molecule has 92 valence electrons. The third-order valence-electron chi connectivity index (χ3n) is 3.34. The molecule has 1 saturated carbocycles. The van der Waals surface area contributed by atoms with Gasteiger partial charge in [-0.15, -0.1) is 11.8 Å². The first-order chi connectivity index (χ1) is 8.15. The van der Waals surface area contributed by atoms with E-state index in [0.717, 1.165) is 16.4 Å². The lowest BCUT2D eigenvalue weighted by Crippen LogP contribution is -2.33. The first-order valence-corrected chi connectivity index (χ1v) is 7.25. The summed E-state index contributed by atoms with van der Waals surface area (Å²) in [5, 5.41) is 10.5. The molecule has 17 heavy (non-hydrogen) atoms. The van der Waals surface area contributed by atoms with Crippen LogP contribution in [0.2, 0.25) is 0 Å². The van der Waals surface area contributed by atoms with Gasteiger partial charge >= 0.3 is 0 Å². The van der Waals surface area contributed by atoms with E-state index in [4.69, 9.17) is 0 Å². The van der Waals surface area contributed by atoms with E-state index in [1.54, 1.807) is 23.9 Å². The summed E-state index contributed by atoms with van der Waals surface area (Å²) in [7, 11) is 0. The van der Waals surface area contributed by atoms with E-state index in [0.29, 0.717) is 5.41 Å². The number of nitrogens with zero attached hydrogens (tertiary/aromatic N) is 1. The average Bonchev–Trinajstić information content (AvgIpc) is 2.29. The number of hydrogen-bond acceptors (Lipinski definition) is 4. The van der Waals surface area contributed by atoms with Gasteiger partial charge < -0.3 is 0 Å². The smallest absolute Gasteiger partial charge is 0.258 e. The highest BCUT2D eigenvalue weighted by atomic mass is 32.2. The molecule has 1 aliphatic rings. The van der Waals surface area contributed by atoms with E-state index >= 15 is 0 Å². The summed E-state index contributed by atoms with van der Waals surface area (Å²) in [6, 6.07) is 6.79. The van der Waals surface area contributed by atoms with Crippen molar-refractivity contribution in [2.24, 2.45) is 5.41 Å². The maximum absolute atomic E-state index is 10.5. The highest BCUT2D eigenvalue weighted by Gasteiger charge is 2.35. The third kappa shape index (κ3) is 2.96. The molecule has 1 fully saturated rings. The molecule has 3 nitrogen and oxygen atoms in total. The Hall–Kier alpha value is -0.680. The van der Waals surface area contributed by atoms with Gasteiger partial charge in [0.15, 0.2) is 0 Å². The fourth-order valence-corrected chi connectivity index (χ4v) is 3.70. The number of hydrogen-bond donors (Lipinski definition) is 1. The van der Waals surface area contributed by atoms with Crippen LogP contribution in [0.25, 0.3) is 0 Å². The zero-order valence-electron chi connectivity index (χ0n) is 9.46. The molecule has 0 saturated heterocycles. The van der Waals surface area contributed by atoms with Gasteiger partial charge in [0.25, 0.3) is 5.69 Å².